The lowest BCUT2D eigenvalue weighted by Crippen LogP contribution is -2.01. The van der Waals surface area contributed by atoms with Gasteiger partial charge in [-0.1, -0.05) is 30.3 Å². The van der Waals surface area contributed by atoms with Crippen molar-refractivity contribution in [2.24, 2.45) is 0 Å². The Morgan fingerprint density at radius 2 is 1.95 bits per heavy atom. The summed E-state index contributed by atoms with van der Waals surface area (Å²) in [5.41, 5.74) is 3.06. The average Bonchev–Trinajstić information content (AvgIpc) is 2.42. The van der Waals surface area contributed by atoms with E-state index in [1.807, 2.05) is 12.1 Å². The lowest BCUT2D eigenvalue weighted by atomic mass is 10.1. The number of hydrogen-bond acceptors (Lipinski definition) is 2. The van der Waals surface area contributed by atoms with Crippen molar-refractivity contribution in [3.8, 4) is 0 Å². The molecule has 0 aliphatic heterocycles. The van der Waals surface area contributed by atoms with Gasteiger partial charge >= 0.3 is 5.97 Å². The molecule has 2 nitrogen and oxygen atoms in total. The molecule has 104 valence electrons. The van der Waals surface area contributed by atoms with E-state index in [4.69, 9.17) is 5.11 Å². The monoisotopic (exact) mass is 290 g/mol. The molecule has 2 aromatic rings. The van der Waals surface area contributed by atoms with Gasteiger partial charge in [-0.05, 0) is 35.7 Å². The Morgan fingerprint density at radius 3 is 2.65 bits per heavy atom. The first-order chi connectivity index (χ1) is 9.58. The van der Waals surface area contributed by atoms with Crippen molar-refractivity contribution in [3.63, 3.8) is 0 Å². The zero-order valence-electron chi connectivity index (χ0n) is 11.1. The molecule has 0 atom stereocenters. The number of halogens is 1. The van der Waals surface area contributed by atoms with Gasteiger partial charge in [0.2, 0.25) is 0 Å². The molecule has 0 aliphatic rings. The third kappa shape index (κ3) is 3.61. The lowest BCUT2D eigenvalue weighted by molar-refractivity contribution is 0.0692. The number of benzene rings is 2. The lowest BCUT2D eigenvalue weighted by Gasteiger charge is -2.06. The first-order valence-corrected chi connectivity index (χ1v) is 7.37. The van der Waals surface area contributed by atoms with E-state index in [0.717, 1.165) is 11.3 Å². The van der Waals surface area contributed by atoms with Crippen LogP contribution in [0.15, 0.2) is 42.5 Å². The van der Waals surface area contributed by atoms with Crippen LogP contribution in [0.2, 0.25) is 0 Å². The number of carboxylic acid groups (broad SMARTS) is 1. The molecule has 0 saturated heterocycles. The molecule has 1 N–H and O–H groups in total. The molecule has 0 aliphatic carbocycles. The Labute approximate surface area is 121 Å². The third-order valence-electron chi connectivity index (χ3n) is 3.05. The molecule has 0 amide bonds. The highest BCUT2D eigenvalue weighted by Crippen LogP contribution is 2.21. The van der Waals surface area contributed by atoms with E-state index in [1.54, 1.807) is 17.8 Å². The summed E-state index contributed by atoms with van der Waals surface area (Å²) in [6.07, 6.45) is 0. The second kappa shape index (κ2) is 6.57. The molecule has 0 radical (unpaired) electrons. The summed E-state index contributed by atoms with van der Waals surface area (Å²) >= 11 is 1.68. The van der Waals surface area contributed by atoms with Gasteiger partial charge in [-0.2, -0.15) is 11.8 Å². The van der Waals surface area contributed by atoms with E-state index in [0.29, 0.717) is 5.75 Å². The first kappa shape index (κ1) is 14.6. The van der Waals surface area contributed by atoms with Crippen LogP contribution in [0.25, 0.3) is 0 Å². The van der Waals surface area contributed by atoms with Gasteiger partial charge in [0.15, 0.2) is 0 Å². The highest BCUT2D eigenvalue weighted by molar-refractivity contribution is 7.97. The SMILES string of the molecule is Cc1ccccc1CSCc1ccc(F)c(C(=O)O)c1. The summed E-state index contributed by atoms with van der Waals surface area (Å²) in [7, 11) is 0. The summed E-state index contributed by atoms with van der Waals surface area (Å²) in [6.45, 7) is 2.07. The van der Waals surface area contributed by atoms with Crippen molar-refractivity contribution in [1.82, 2.24) is 0 Å². The van der Waals surface area contributed by atoms with Crippen molar-refractivity contribution >= 4 is 17.7 Å². The van der Waals surface area contributed by atoms with Gasteiger partial charge in [0.1, 0.15) is 5.82 Å². The Kier molecular flexibility index (Phi) is 4.79. The molecule has 0 heterocycles. The Hall–Kier alpha value is -1.81. The van der Waals surface area contributed by atoms with Crippen molar-refractivity contribution < 1.29 is 14.3 Å². The summed E-state index contributed by atoms with van der Waals surface area (Å²) in [5, 5.41) is 8.88. The molecule has 0 aromatic heterocycles. The number of carboxylic acids is 1. The minimum Gasteiger partial charge on any atom is -0.478 e. The van der Waals surface area contributed by atoms with Crippen LogP contribution in [-0.2, 0) is 11.5 Å². The van der Waals surface area contributed by atoms with Gasteiger partial charge in [-0.3, -0.25) is 0 Å². The molecule has 0 fully saturated rings. The maximum Gasteiger partial charge on any atom is 0.338 e. The summed E-state index contributed by atoms with van der Waals surface area (Å²) in [4.78, 5) is 10.9. The van der Waals surface area contributed by atoms with E-state index < -0.39 is 11.8 Å². The maximum absolute atomic E-state index is 13.3. The van der Waals surface area contributed by atoms with Gasteiger partial charge in [0.25, 0.3) is 0 Å². The average molecular weight is 290 g/mol. The van der Waals surface area contributed by atoms with Crippen molar-refractivity contribution in [2.75, 3.05) is 0 Å². The fraction of sp³-hybridized carbons (Fsp3) is 0.188. The molecule has 0 spiro atoms. The quantitative estimate of drug-likeness (QED) is 0.893. The molecule has 20 heavy (non-hydrogen) atoms. The van der Waals surface area contributed by atoms with Crippen LogP contribution in [-0.4, -0.2) is 11.1 Å². The van der Waals surface area contributed by atoms with Crippen LogP contribution >= 0.6 is 11.8 Å². The third-order valence-corrected chi connectivity index (χ3v) is 4.10. The van der Waals surface area contributed by atoms with Crippen LogP contribution < -0.4 is 0 Å². The number of aryl methyl sites for hydroxylation is 1. The standard InChI is InChI=1S/C16H15FO2S/c1-11-4-2-3-5-13(11)10-20-9-12-6-7-15(17)14(8-12)16(18)19/h2-8H,9-10H2,1H3,(H,18,19). The fourth-order valence-electron chi connectivity index (χ4n) is 1.88. The van der Waals surface area contributed by atoms with Gasteiger partial charge in [-0.15, -0.1) is 0 Å². The highest BCUT2D eigenvalue weighted by atomic mass is 32.2. The van der Waals surface area contributed by atoms with Crippen LogP contribution in [0.3, 0.4) is 0 Å². The summed E-state index contributed by atoms with van der Waals surface area (Å²) in [6, 6.07) is 12.4. The predicted molar refractivity (Wildman–Crippen MR) is 79.5 cm³/mol. The number of rotatable bonds is 5. The van der Waals surface area contributed by atoms with Gasteiger partial charge in [-0.25, -0.2) is 9.18 Å². The molecule has 2 aromatic carbocycles. The molecule has 4 heteroatoms. The van der Waals surface area contributed by atoms with Gasteiger partial charge in [0.05, 0.1) is 5.56 Å². The molecule has 2 rings (SSSR count). The van der Waals surface area contributed by atoms with Crippen LogP contribution in [0, 0.1) is 12.7 Å². The smallest absolute Gasteiger partial charge is 0.338 e. The van der Waals surface area contributed by atoms with E-state index in [9.17, 15) is 9.18 Å². The van der Waals surface area contributed by atoms with Crippen LogP contribution in [0.1, 0.15) is 27.0 Å². The highest BCUT2D eigenvalue weighted by Gasteiger charge is 2.10. The minimum absolute atomic E-state index is 0.265. The fourth-order valence-corrected chi connectivity index (χ4v) is 2.94. The zero-order valence-corrected chi connectivity index (χ0v) is 11.9. The number of hydrogen-bond donors (Lipinski definition) is 1. The Bertz CT molecular complexity index is 626. The number of thioether (sulfide) groups is 1. The normalized spacial score (nSPS) is 10.5. The number of carbonyl (C=O) groups is 1. The second-order valence-corrected chi connectivity index (χ2v) is 5.52. The molecule has 0 bridgehead atoms. The van der Waals surface area contributed by atoms with E-state index in [-0.39, 0.29) is 5.56 Å². The minimum atomic E-state index is -1.23. The van der Waals surface area contributed by atoms with Crippen LogP contribution in [0.4, 0.5) is 4.39 Å². The van der Waals surface area contributed by atoms with E-state index in [2.05, 4.69) is 19.1 Å². The first-order valence-electron chi connectivity index (χ1n) is 6.22. The van der Waals surface area contributed by atoms with Crippen molar-refractivity contribution in [2.45, 2.75) is 18.4 Å². The zero-order chi connectivity index (χ0) is 14.5. The second-order valence-electron chi connectivity index (χ2n) is 4.54. The number of aromatic carboxylic acids is 1. The maximum atomic E-state index is 13.3. The topological polar surface area (TPSA) is 37.3 Å². The van der Waals surface area contributed by atoms with Crippen LogP contribution in [0.5, 0.6) is 0 Å². The summed E-state index contributed by atoms with van der Waals surface area (Å²) < 4.78 is 13.3. The molecular weight excluding hydrogens is 275 g/mol. The predicted octanol–water partition coefficient (Wildman–Crippen LogP) is 4.27. The van der Waals surface area contributed by atoms with Gasteiger partial charge < -0.3 is 5.11 Å². The Morgan fingerprint density at radius 1 is 1.20 bits per heavy atom. The largest absolute Gasteiger partial charge is 0.478 e. The summed E-state index contributed by atoms with van der Waals surface area (Å²) in [5.74, 6) is -0.403. The van der Waals surface area contributed by atoms with E-state index in [1.165, 1.54) is 23.3 Å². The van der Waals surface area contributed by atoms with Crippen molar-refractivity contribution in [3.05, 3.63) is 70.5 Å². The molecule has 0 saturated carbocycles. The molecular formula is C16H15FO2S. The van der Waals surface area contributed by atoms with Crippen molar-refractivity contribution in [1.29, 1.82) is 0 Å². The van der Waals surface area contributed by atoms with Gasteiger partial charge in [0, 0.05) is 11.5 Å². The molecule has 0 unspecified atom stereocenters. The van der Waals surface area contributed by atoms with E-state index >= 15 is 0 Å². The Balaban J connectivity index is 2.00.